The Hall–Kier alpha value is -5.54. The highest BCUT2D eigenvalue weighted by Crippen LogP contribution is 2.38. The van der Waals surface area contributed by atoms with Crippen LogP contribution in [0.1, 0.15) is 72.1 Å². The van der Waals surface area contributed by atoms with Crippen LogP contribution in [0.15, 0.2) is 109 Å². The minimum atomic E-state index is -0.982. The van der Waals surface area contributed by atoms with Crippen LogP contribution in [0.25, 0.3) is 22.7 Å². The second-order valence-corrected chi connectivity index (χ2v) is 12.4. The molecule has 1 atom stereocenters. The first-order valence-corrected chi connectivity index (χ1v) is 17.2. The van der Waals surface area contributed by atoms with E-state index in [1.165, 1.54) is 31.0 Å². The number of fused-ring (bicyclic) bond motifs is 1. The smallest absolute Gasteiger partial charge is 0.330 e. The number of benzene rings is 4. The number of aromatic nitrogens is 2. The fourth-order valence-corrected chi connectivity index (χ4v) is 6.34. The number of carbonyl (C=O) groups is 3. The van der Waals surface area contributed by atoms with Crippen molar-refractivity contribution in [1.29, 1.82) is 0 Å². The van der Waals surface area contributed by atoms with Crippen LogP contribution in [0.3, 0.4) is 0 Å². The van der Waals surface area contributed by atoms with Gasteiger partial charge in [-0.05, 0) is 73.4 Å². The average Bonchev–Trinajstić information content (AvgIpc) is 3.54. The highest BCUT2D eigenvalue weighted by Gasteiger charge is 2.26. The molecule has 1 aliphatic carbocycles. The minimum absolute atomic E-state index is 0.0382. The topological polar surface area (TPSA) is 112 Å². The van der Waals surface area contributed by atoms with Crippen molar-refractivity contribution in [2.75, 3.05) is 18.5 Å². The molecule has 9 nitrogen and oxygen atoms in total. The predicted octanol–water partition coefficient (Wildman–Crippen LogP) is 7.60. The van der Waals surface area contributed by atoms with Gasteiger partial charge in [0.15, 0.2) is 0 Å². The van der Waals surface area contributed by atoms with E-state index in [0.717, 1.165) is 40.6 Å². The number of hydrogen-bond donors (Lipinski definition) is 2. The van der Waals surface area contributed by atoms with Gasteiger partial charge in [-0.2, -0.15) is 5.10 Å². The lowest BCUT2D eigenvalue weighted by atomic mass is 9.85. The van der Waals surface area contributed by atoms with Gasteiger partial charge in [-0.25, -0.2) is 9.48 Å². The van der Waals surface area contributed by atoms with Crippen molar-refractivity contribution >= 4 is 40.4 Å². The van der Waals surface area contributed by atoms with Gasteiger partial charge >= 0.3 is 5.97 Å². The van der Waals surface area contributed by atoms with Crippen LogP contribution >= 0.6 is 0 Å². The second-order valence-electron chi connectivity index (χ2n) is 12.4. The number of carbonyl (C=O) groups excluding carboxylic acids is 3. The summed E-state index contributed by atoms with van der Waals surface area (Å²) >= 11 is 0. The Labute approximate surface area is 292 Å². The Morgan fingerprint density at radius 2 is 1.62 bits per heavy atom. The van der Waals surface area contributed by atoms with Gasteiger partial charge in [0.1, 0.15) is 6.04 Å². The summed E-state index contributed by atoms with van der Waals surface area (Å²) in [6, 6.07) is 31.4. The molecule has 50 heavy (non-hydrogen) atoms. The number of nitrogens with one attached hydrogen (secondary N) is 2. The third-order valence-corrected chi connectivity index (χ3v) is 8.86. The number of para-hydroxylation sites is 1. The molecule has 2 amide bonds. The van der Waals surface area contributed by atoms with Gasteiger partial charge in [-0.1, -0.05) is 86.0 Å². The van der Waals surface area contributed by atoms with Gasteiger partial charge in [0.25, 0.3) is 5.91 Å². The SMILES string of the molecule is CCOC(=O)/C=C/c1ccc(NC(=O)[C@H](COCc2ccccc2)NC(=O)c2ccc3c(C4CCCCC4)n(-c4ccccc4)nc3c2)cc1. The Morgan fingerprint density at radius 3 is 2.34 bits per heavy atom. The van der Waals surface area contributed by atoms with E-state index in [4.69, 9.17) is 14.6 Å². The summed E-state index contributed by atoms with van der Waals surface area (Å²) in [5.41, 5.74) is 5.58. The summed E-state index contributed by atoms with van der Waals surface area (Å²) in [6.45, 7) is 2.30. The second kappa shape index (κ2) is 16.7. The third kappa shape index (κ3) is 8.73. The van der Waals surface area contributed by atoms with Crippen LogP contribution in [0.5, 0.6) is 0 Å². The van der Waals surface area contributed by atoms with E-state index in [0.29, 0.717) is 23.8 Å². The molecule has 1 aromatic heterocycles. The maximum atomic E-state index is 13.7. The third-order valence-electron chi connectivity index (χ3n) is 8.86. The standard InChI is InChI=1S/C41H42N4O5/c1-2-50-38(46)25-20-29-18-22-33(23-19-29)42-41(48)37(28-49-27-30-12-6-3-7-13-30)43-40(47)32-21-24-35-36(26-32)44-45(34-16-10-5-11-17-34)39(35)31-14-8-4-9-15-31/h3,5-7,10-13,16-26,31,37H,2,4,8-9,14-15,27-28H2,1H3,(H,42,48)(H,43,47)/b25-20+/t37-/m0/s1. The maximum Gasteiger partial charge on any atom is 0.330 e. The van der Waals surface area contributed by atoms with Gasteiger partial charge in [-0.3, -0.25) is 9.59 Å². The molecule has 2 N–H and O–H groups in total. The maximum absolute atomic E-state index is 13.7. The first kappa shape index (κ1) is 34.3. The molecule has 256 valence electrons. The van der Waals surface area contributed by atoms with Crippen LogP contribution in [0, 0.1) is 0 Å². The molecule has 1 aliphatic rings. The number of esters is 1. The van der Waals surface area contributed by atoms with Crippen LogP contribution in [0.2, 0.25) is 0 Å². The van der Waals surface area contributed by atoms with Gasteiger partial charge in [0.2, 0.25) is 5.91 Å². The highest BCUT2D eigenvalue weighted by molar-refractivity contribution is 6.03. The zero-order chi connectivity index (χ0) is 34.7. The normalized spacial score (nSPS) is 14.0. The fraction of sp³-hybridized carbons (Fsp3) is 0.268. The highest BCUT2D eigenvalue weighted by atomic mass is 16.5. The summed E-state index contributed by atoms with van der Waals surface area (Å²) in [7, 11) is 0. The molecular formula is C41H42N4O5. The summed E-state index contributed by atoms with van der Waals surface area (Å²) in [5, 5.41) is 11.8. The molecule has 1 fully saturated rings. The van der Waals surface area contributed by atoms with Crippen LogP contribution in [-0.2, 0) is 25.7 Å². The molecule has 0 aliphatic heterocycles. The first-order valence-electron chi connectivity index (χ1n) is 17.2. The quantitative estimate of drug-likeness (QED) is 0.0986. The molecular weight excluding hydrogens is 628 g/mol. The van der Waals surface area contributed by atoms with E-state index in [9.17, 15) is 14.4 Å². The van der Waals surface area contributed by atoms with E-state index in [2.05, 4.69) is 22.8 Å². The van der Waals surface area contributed by atoms with E-state index in [1.807, 2.05) is 65.3 Å². The molecule has 9 heteroatoms. The Kier molecular flexibility index (Phi) is 11.5. The molecule has 0 saturated heterocycles. The van der Waals surface area contributed by atoms with Gasteiger partial charge in [0, 0.05) is 28.6 Å². The van der Waals surface area contributed by atoms with E-state index >= 15 is 0 Å². The number of nitrogens with zero attached hydrogens (tertiary/aromatic N) is 2. The average molecular weight is 671 g/mol. The van der Waals surface area contributed by atoms with Crippen molar-refractivity contribution in [3.8, 4) is 5.69 Å². The minimum Gasteiger partial charge on any atom is -0.463 e. The van der Waals surface area contributed by atoms with Crippen molar-refractivity contribution in [2.45, 2.75) is 57.6 Å². The van der Waals surface area contributed by atoms with E-state index in [1.54, 1.807) is 43.3 Å². The molecule has 0 radical (unpaired) electrons. The molecule has 1 saturated carbocycles. The lowest BCUT2D eigenvalue weighted by Crippen LogP contribution is -2.46. The van der Waals surface area contributed by atoms with Crippen LogP contribution in [-0.4, -0.2) is 46.8 Å². The monoisotopic (exact) mass is 670 g/mol. The van der Waals surface area contributed by atoms with Crippen LogP contribution < -0.4 is 10.6 Å². The number of hydrogen-bond acceptors (Lipinski definition) is 6. The van der Waals surface area contributed by atoms with E-state index < -0.39 is 23.8 Å². The molecule has 0 spiro atoms. The first-order chi connectivity index (χ1) is 24.5. The zero-order valence-corrected chi connectivity index (χ0v) is 28.2. The lowest BCUT2D eigenvalue weighted by Gasteiger charge is -2.23. The number of ether oxygens (including phenoxy) is 2. The molecule has 4 aromatic carbocycles. The van der Waals surface area contributed by atoms with Crippen molar-refractivity contribution in [1.82, 2.24) is 15.1 Å². The number of anilines is 1. The Morgan fingerprint density at radius 1 is 0.900 bits per heavy atom. The fourth-order valence-electron chi connectivity index (χ4n) is 6.34. The van der Waals surface area contributed by atoms with Crippen molar-refractivity contribution in [3.05, 3.63) is 132 Å². The Bertz CT molecular complexity index is 1930. The molecule has 1 heterocycles. The number of rotatable bonds is 13. The van der Waals surface area contributed by atoms with Crippen molar-refractivity contribution in [3.63, 3.8) is 0 Å². The summed E-state index contributed by atoms with van der Waals surface area (Å²) in [6.07, 6.45) is 8.86. The zero-order valence-electron chi connectivity index (χ0n) is 28.2. The van der Waals surface area contributed by atoms with Gasteiger partial charge in [-0.15, -0.1) is 0 Å². The predicted molar refractivity (Wildman–Crippen MR) is 195 cm³/mol. The molecule has 6 rings (SSSR count). The van der Waals surface area contributed by atoms with Gasteiger partial charge < -0.3 is 20.1 Å². The Balaban J connectivity index is 1.21. The van der Waals surface area contributed by atoms with Crippen molar-refractivity contribution in [2.24, 2.45) is 0 Å². The number of amides is 2. The van der Waals surface area contributed by atoms with Crippen molar-refractivity contribution < 1.29 is 23.9 Å². The summed E-state index contributed by atoms with van der Waals surface area (Å²) in [4.78, 5) is 39.0. The molecule has 5 aromatic rings. The molecule has 0 bridgehead atoms. The van der Waals surface area contributed by atoms with Gasteiger partial charge in [0.05, 0.1) is 36.7 Å². The summed E-state index contributed by atoms with van der Waals surface area (Å²) < 4.78 is 12.9. The largest absolute Gasteiger partial charge is 0.463 e. The molecule has 0 unspecified atom stereocenters. The van der Waals surface area contributed by atoms with E-state index in [-0.39, 0.29) is 13.2 Å². The van der Waals surface area contributed by atoms with Crippen LogP contribution in [0.4, 0.5) is 5.69 Å². The lowest BCUT2D eigenvalue weighted by molar-refractivity contribution is -0.137. The summed E-state index contributed by atoms with van der Waals surface area (Å²) in [5.74, 6) is -0.850.